The summed E-state index contributed by atoms with van der Waals surface area (Å²) in [6, 6.07) is 0.641. The Morgan fingerprint density at radius 3 is 2.29 bits per heavy atom. The molecule has 0 aromatic heterocycles. The van der Waals surface area contributed by atoms with Gasteiger partial charge in [0.1, 0.15) is 0 Å². The summed E-state index contributed by atoms with van der Waals surface area (Å²) in [6.45, 7) is 12.4. The van der Waals surface area contributed by atoms with Gasteiger partial charge in [-0.1, -0.05) is 27.2 Å². The van der Waals surface area contributed by atoms with Crippen LogP contribution in [-0.2, 0) is 9.59 Å². The molecule has 2 fully saturated rings. The predicted octanol–water partition coefficient (Wildman–Crippen LogP) is 2.26. The number of rotatable bonds is 4. The molecule has 2 heterocycles. The summed E-state index contributed by atoms with van der Waals surface area (Å²) in [5.41, 5.74) is -0.333. The number of nitrogens with zero attached hydrogens (tertiary/aromatic N) is 2. The molecular formula is C19H35N3O2. The summed E-state index contributed by atoms with van der Waals surface area (Å²) in [4.78, 5) is 29.1. The second-order valence-electron chi connectivity index (χ2n) is 8.49. The van der Waals surface area contributed by atoms with Crippen molar-refractivity contribution >= 4 is 11.8 Å². The maximum absolute atomic E-state index is 12.4. The lowest BCUT2D eigenvalue weighted by atomic mass is 9.90. The zero-order chi connectivity index (χ0) is 17.7. The molecule has 0 aromatic rings. The number of piperidine rings is 2. The van der Waals surface area contributed by atoms with Gasteiger partial charge in [0.25, 0.3) is 0 Å². The number of likely N-dealkylation sites (tertiary alicyclic amines) is 2. The minimum absolute atomic E-state index is 0.0628. The largest absolute Gasteiger partial charge is 0.355 e. The quantitative estimate of drug-likeness (QED) is 0.856. The molecule has 1 N–H and O–H groups in total. The minimum atomic E-state index is -0.333. The van der Waals surface area contributed by atoms with E-state index < -0.39 is 0 Å². The molecule has 2 amide bonds. The van der Waals surface area contributed by atoms with E-state index in [1.807, 2.05) is 25.7 Å². The molecule has 1 atom stereocenters. The number of carbonyl (C=O) groups excluding carboxylic acids is 2. The molecule has 0 radical (unpaired) electrons. The molecule has 2 rings (SSSR count). The van der Waals surface area contributed by atoms with Crippen molar-refractivity contribution in [2.45, 2.75) is 65.8 Å². The monoisotopic (exact) mass is 337 g/mol. The van der Waals surface area contributed by atoms with Gasteiger partial charge in [-0.25, -0.2) is 0 Å². The molecule has 2 saturated heterocycles. The van der Waals surface area contributed by atoms with Crippen LogP contribution in [0.25, 0.3) is 0 Å². The molecule has 5 nitrogen and oxygen atoms in total. The molecule has 0 spiro atoms. The topological polar surface area (TPSA) is 52.7 Å². The lowest BCUT2D eigenvalue weighted by molar-refractivity contribution is -0.142. The van der Waals surface area contributed by atoms with Crippen molar-refractivity contribution in [1.82, 2.24) is 15.1 Å². The van der Waals surface area contributed by atoms with Crippen molar-refractivity contribution in [1.29, 1.82) is 0 Å². The molecule has 0 aromatic carbocycles. The lowest BCUT2D eigenvalue weighted by Crippen LogP contribution is -2.47. The third-order valence-electron chi connectivity index (χ3n) is 5.43. The molecule has 5 heteroatoms. The van der Waals surface area contributed by atoms with E-state index in [2.05, 4.69) is 17.1 Å². The summed E-state index contributed by atoms with van der Waals surface area (Å²) in [7, 11) is 0. The number of nitrogens with one attached hydrogen (secondary N) is 1. The summed E-state index contributed by atoms with van der Waals surface area (Å²) in [5.74, 6) is 0.427. The summed E-state index contributed by atoms with van der Waals surface area (Å²) < 4.78 is 0. The van der Waals surface area contributed by atoms with Crippen molar-refractivity contribution in [2.75, 3.05) is 32.7 Å². The Morgan fingerprint density at radius 2 is 1.71 bits per heavy atom. The van der Waals surface area contributed by atoms with Gasteiger partial charge in [0.05, 0.1) is 0 Å². The first-order chi connectivity index (χ1) is 11.3. The molecule has 0 unspecified atom stereocenters. The second kappa shape index (κ2) is 8.32. The maximum atomic E-state index is 12.4. The number of hydrogen-bond donors (Lipinski definition) is 1. The van der Waals surface area contributed by atoms with E-state index in [1.165, 1.54) is 19.3 Å². The zero-order valence-corrected chi connectivity index (χ0v) is 15.9. The van der Waals surface area contributed by atoms with Crippen molar-refractivity contribution in [3.05, 3.63) is 0 Å². The van der Waals surface area contributed by atoms with Crippen LogP contribution in [-0.4, -0.2) is 60.4 Å². The Kier molecular flexibility index (Phi) is 6.67. The summed E-state index contributed by atoms with van der Waals surface area (Å²) in [5, 5.41) is 3.11. The highest BCUT2D eigenvalue weighted by Crippen LogP contribution is 2.23. The fourth-order valence-corrected chi connectivity index (χ4v) is 3.78. The maximum Gasteiger partial charge on any atom is 0.227 e. The fourth-order valence-electron chi connectivity index (χ4n) is 3.78. The van der Waals surface area contributed by atoms with Gasteiger partial charge < -0.3 is 10.2 Å². The van der Waals surface area contributed by atoms with Gasteiger partial charge in [-0.3, -0.25) is 14.5 Å². The average Bonchev–Trinajstić information content (AvgIpc) is 2.55. The van der Waals surface area contributed by atoms with Crippen LogP contribution in [0.4, 0.5) is 0 Å². The Morgan fingerprint density at radius 1 is 1.04 bits per heavy atom. The lowest BCUT2D eigenvalue weighted by Gasteiger charge is -2.35. The van der Waals surface area contributed by atoms with Crippen LogP contribution in [0.1, 0.15) is 59.8 Å². The standard InChI is InChI=1S/C19H35N3O2/c1-15-7-5-6-11-21(15)14-10-20-17(23)16-8-12-22(13-9-16)18(24)19(2,3)4/h15-16H,5-14H2,1-4H3,(H,20,23)/t15-/m0/s1. The number of hydrogen-bond acceptors (Lipinski definition) is 3. The predicted molar refractivity (Wildman–Crippen MR) is 96.7 cm³/mol. The van der Waals surface area contributed by atoms with Gasteiger partial charge in [0, 0.05) is 43.6 Å². The third-order valence-corrected chi connectivity index (χ3v) is 5.43. The van der Waals surface area contributed by atoms with Crippen molar-refractivity contribution in [3.63, 3.8) is 0 Å². The first-order valence-corrected chi connectivity index (χ1v) is 9.60. The SMILES string of the molecule is C[C@H]1CCCCN1CCNC(=O)C1CCN(C(=O)C(C)(C)C)CC1. The molecule has 0 bridgehead atoms. The highest BCUT2D eigenvalue weighted by Gasteiger charge is 2.32. The number of amides is 2. The molecular weight excluding hydrogens is 302 g/mol. The summed E-state index contributed by atoms with van der Waals surface area (Å²) >= 11 is 0. The highest BCUT2D eigenvalue weighted by molar-refractivity contribution is 5.82. The average molecular weight is 338 g/mol. The minimum Gasteiger partial charge on any atom is -0.355 e. The van der Waals surface area contributed by atoms with E-state index in [9.17, 15) is 9.59 Å². The first-order valence-electron chi connectivity index (χ1n) is 9.60. The normalized spacial score (nSPS) is 24.0. The van der Waals surface area contributed by atoms with Crippen molar-refractivity contribution in [2.24, 2.45) is 11.3 Å². The highest BCUT2D eigenvalue weighted by atomic mass is 16.2. The van der Waals surface area contributed by atoms with Crippen LogP contribution in [0.2, 0.25) is 0 Å². The van der Waals surface area contributed by atoms with Crippen molar-refractivity contribution < 1.29 is 9.59 Å². The van der Waals surface area contributed by atoms with Crippen LogP contribution in [0.3, 0.4) is 0 Å². The molecule has 2 aliphatic rings. The van der Waals surface area contributed by atoms with Gasteiger partial charge >= 0.3 is 0 Å². The van der Waals surface area contributed by atoms with E-state index in [-0.39, 0.29) is 23.1 Å². The van der Waals surface area contributed by atoms with E-state index in [1.54, 1.807) is 0 Å². The van der Waals surface area contributed by atoms with Gasteiger partial charge in [0.15, 0.2) is 0 Å². The van der Waals surface area contributed by atoms with Crippen LogP contribution in [0.15, 0.2) is 0 Å². The van der Waals surface area contributed by atoms with E-state index in [0.29, 0.717) is 19.1 Å². The molecule has 138 valence electrons. The smallest absolute Gasteiger partial charge is 0.227 e. The van der Waals surface area contributed by atoms with E-state index in [4.69, 9.17) is 0 Å². The Hall–Kier alpha value is -1.10. The van der Waals surface area contributed by atoms with Crippen LogP contribution in [0, 0.1) is 11.3 Å². The third kappa shape index (κ3) is 5.20. The van der Waals surface area contributed by atoms with Crippen LogP contribution in [0.5, 0.6) is 0 Å². The Balaban J connectivity index is 1.68. The van der Waals surface area contributed by atoms with Gasteiger partial charge in [0.2, 0.25) is 11.8 Å². The van der Waals surface area contributed by atoms with E-state index >= 15 is 0 Å². The zero-order valence-electron chi connectivity index (χ0n) is 15.9. The van der Waals surface area contributed by atoms with E-state index in [0.717, 1.165) is 32.5 Å². The fraction of sp³-hybridized carbons (Fsp3) is 0.895. The molecule has 24 heavy (non-hydrogen) atoms. The van der Waals surface area contributed by atoms with Gasteiger partial charge in [-0.15, -0.1) is 0 Å². The second-order valence-corrected chi connectivity index (χ2v) is 8.49. The number of carbonyl (C=O) groups is 2. The van der Waals surface area contributed by atoms with Crippen molar-refractivity contribution in [3.8, 4) is 0 Å². The molecule has 0 aliphatic carbocycles. The Labute approximate surface area is 147 Å². The molecule has 2 aliphatic heterocycles. The van der Waals surface area contributed by atoms with Crippen LogP contribution < -0.4 is 5.32 Å². The van der Waals surface area contributed by atoms with Crippen LogP contribution >= 0.6 is 0 Å². The molecule has 0 saturated carbocycles. The Bertz CT molecular complexity index is 436. The van der Waals surface area contributed by atoms with Gasteiger partial charge in [-0.2, -0.15) is 0 Å². The summed E-state index contributed by atoms with van der Waals surface area (Å²) in [6.07, 6.45) is 5.45. The first kappa shape index (κ1) is 19.2. The van der Waals surface area contributed by atoms with Gasteiger partial charge in [-0.05, 0) is 39.2 Å².